The standard InChI is InChI=1S/C19H29N3O3/c1-17(23)22(12-11-21-13-15-25-16-14-21)10-8-19(24)20-9-7-18-5-3-2-4-6-18/h2-6H,7-16H2,1H3,(H,20,24). The van der Waals surface area contributed by atoms with E-state index >= 15 is 0 Å². The molecule has 1 aromatic carbocycles. The van der Waals surface area contributed by atoms with E-state index in [2.05, 4.69) is 22.3 Å². The zero-order chi connectivity index (χ0) is 17.9. The van der Waals surface area contributed by atoms with Crippen LogP contribution in [-0.2, 0) is 20.7 Å². The molecule has 0 aliphatic carbocycles. The fourth-order valence-electron chi connectivity index (χ4n) is 2.83. The molecule has 2 amide bonds. The zero-order valence-electron chi connectivity index (χ0n) is 15.1. The average molecular weight is 347 g/mol. The van der Waals surface area contributed by atoms with Gasteiger partial charge < -0.3 is 15.0 Å². The minimum atomic E-state index is -0.00597. The minimum absolute atomic E-state index is 0.00597. The van der Waals surface area contributed by atoms with E-state index in [0.29, 0.717) is 26.1 Å². The number of hydrogen-bond acceptors (Lipinski definition) is 4. The summed E-state index contributed by atoms with van der Waals surface area (Å²) in [7, 11) is 0. The molecule has 1 heterocycles. The molecule has 138 valence electrons. The third-order valence-electron chi connectivity index (χ3n) is 4.42. The van der Waals surface area contributed by atoms with Crippen molar-refractivity contribution in [1.82, 2.24) is 15.1 Å². The fourth-order valence-corrected chi connectivity index (χ4v) is 2.83. The van der Waals surface area contributed by atoms with E-state index < -0.39 is 0 Å². The highest BCUT2D eigenvalue weighted by Crippen LogP contribution is 2.00. The smallest absolute Gasteiger partial charge is 0.221 e. The Morgan fingerprint density at radius 1 is 1.16 bits per heavy atom. The molecule has 1 fully saturated rings. The van der Waals surface area contributed by atoms with Gasteiger partial charge in [-0.3, -0.25) is 14.5 Å². The third-order valence-corrected chi connectivity index (χ3v) is 4.42. The molecule has 6 heteroatoms. The van der Waals surface area contributed by atoms with Crippen LogP contribution in [-0.4, -0.2) is 74.1 Å². The van der Waals surface area contributed by atoms with Gasteiger partial charge in [-0.2, -0.15) is 0 Å². The summed E-state index contributed by atoms with van der Waals surface area (Å²) in [6.45, 7) is 7.47. The van der Waals surface area contributed by atoms with Gasteiger partial charge >= 0.3 is 0 Å². The number of morpholine rings is 1. The summed E-state index contributed by atoms with van der Waals surface area (Å²) in [5, 5.41) is 2.93. The topological polar surface area (TPSA) is 61.9 Å². The summed E-state index contributed by atoms with van der Waals surface area (Å²) in [5.41, 5.74) is 1.21. The van der Waals surface area contributed by atoms with Crippen molar-refractivity contribution >= 4 is 11.8 Å². The van der Waals surface area contributed by atoms with Crippen molar-refractivity contribution in [2.45, 2.75) is 19.8 Å². The number of nitrogens with zero attached hydrogens (tertiary/aromatic N) is 2. The van der Waals surface area contributed by atoms with Crippen LogP contribution in [0.15, 0.2) is 30.3 Å². The van der Waals surface area contributed by atoms with Crippen LogP contribution in [0.1, 0.15) is 18.9 Å². The molecule has 0 radical (unpaired) electrons. The predicted octanol–water partition coefficient (Wildman–Crippen LogP) is 0.916. The molecule has 2 rings (SSSR count). The van der Waals surface area contributed by atoms with E-state index in [1.807, 2.05) is 18.2 Å². The Labute approximate surface area is 150 Å². The van der Waals surface area contributed by atoms with Gasteiger partial charge in [0.05, 0.1) is 13.2 Å². The second kappa shape index (κ2) is 10.8. The molecule has 1 N–H and O–H groups in total. The second-order valence-corrected chi connectivity index (χ2v) is 6.30. The molecular weight excluding hydrogens is 318 g/mol. The number of ether oxygens (including phenoxy) is 1. The van der Waals surface area contributed by atoms with Gasteiger partial charge in [0, 0.05) is 52.6 Å². The number of carbonyl (C=O) groups excluding carboxylic acids is 2. The molecule has 1 saturated heterocycles. The molecule has 25 heavy (non-hydrogen) atoms. The van der Waals surface area contributed by atoms with Crippen LogP contribution in [0, 0.1) is 0 Å². The lowest BCUT2D eigenvalue weighted by Gasteiger charge is -2.29. The maximum atomic E-state index is 12.0. The van der Waals surface area contributed by atoms with Gasteiger partial charge in [0.15, 0.2) is 0 Å². The SMILES string of the molecule is CC(=O)N(CCC(=O)NCCc1ccccc1)CCN1CCOCC1. The van der Waals surface area contributed by atoms with Crippen molar-refractivity contribution in [3.63, 3.8) is 0 Å². The summed E-state index contributed by atoms with van der Waals surface area (Å²) >= 11 is 0. The first-order chi connectivity index (χ1) is 12.1. The fraction of sp³-hybridized carbons (Fsp3) is 0.579. The lowest BCUT2D eigenvalue weighted by molar-refractivity contribution is -0.130. The molecule has 1 aromatic rings. The first-order valence-corrected chi connectivity index (χ1v) is 9.01. The maximum absolute atomic E-state index is 12.0. The van der Waals surface area contributed by atoms with E-state index in [-0.39, 0.29) is 11.8 Å². The maximum Gasteiger partial charge on any atom is 0.221 e. The Hall–Kier alpha value is -1.92. The second-order valence-electron chi connectivity index (χ2n) is 6.30. The van der Waals surface area contributed by atoms with E-state index in [1.165, 1.54) is 5.56 Å². The molecule has 1 aliphatic rings. The highest BCUT2D eigenvalue weighted by molar-refractivity contribution is 5.78. The number of nitrogens with one attached hydrogen (secondary N) is 1. The van der Waals surface area contributed by atoms with Gasteiger partial charge in [-0.25, -0.2) is 0 Å². The quantitative estimate of drug-likeness (QED) is 0.721. The van der Waals surface area contributed by atoms with Crippen molar-refractivity contribution in [1.29, 1.82) is 0 Å². The highest BCUT2D eigenvalue weighted by Gasteiger charge is 2.15. The number of benzene rings is 1. The van der Waals surface area contributed by atoms with Crippen molar-refractivity contribution in [2.24, 2.45) is 0 Å². The number of carbonyl (C=O) groups is 2. The van der Waals surface area contributed by atoms with Crippen LogP contribution in [0.4, 0.5) is 0 Å². The van der Waals surface area contributed by atoms with Gasteiger partial charge in [0.25, 0.3) is 0 Å². The summed E-state index contributed by atoms with van der Waals surface area (Å²) < 4.78 is 5.33. The molecule has 1 aliphatic heterocycles. The predicted molar refractivity (Wildman–Crippen MR) is 97.3 cm³/mol. The Morgan fingerprint density at radius 3 is 2.56 bits per heavy atom. The minimum Gasteiger partial charge on any atom is -0.379 e. The summed E-state index contributed by atoms with van der Waals surface area (Å²) in [6, 6.07) is 10.1. The lowest BCUT2D eigenvalue weighted by Crippen LogP contribution is -2.43. The van der Waals surface area contributed by atoms with Crippen LogP contribution in [0.25, 0.3) is 0 Å². The van der Waals surface area contributed by atoms with E-state index in [0.717, 1.165) is 39.3 Å². The van der Waals surface area contributed by atoms with Gasteiger partial charge in [-0.1, -0.05) is 30.3 Å². The van der Waals surface area contributed by atoms with E-state index in [4.69, 9.17) is 4.74 Å². The first kappa shape index (κ1) is 19.4. The summed E-state index contributed by atoms with van der Waals surface area (Å²) in [4.78, 5) is 27.8. The molecule has 0 unspecified atom stereocenters. The molecule has 0 aromatic heterocycles. The first-order valence-electron chi connectivity index (χ1n) is 9.01. The Bertz CT molecular complexity index is 530. The van der Waals surface area contributed by atoms with Crippen LogP contribution < -0.4 is 5.32 Å². The zero-order valence-corrected chi connectivity index (χ0v) is 15.1. The van der Waals surface area contributed by atoms with Crippen molar-refractivity contribution in [3.8, 4) is 0 Å². The third kappa shape index (κ3) is 7.67. The van der Waals surface area contributed by atoms with Gasteiger partial charge in [0.2, 0.25) is 11.8 Å². The van der Waals surface area contributed by atoms with Crippen molar-refractivity contribution in [2.75, 3.05) is 52.5 Å². The lowest BCUT2D eigenvalue weighted by atomic mass is 10.1. The summed E-state index contributed by atoms with van der Waals surface area (Å²) in [6.07, 6.45) is 1.16. The number of rotatable bonds is 9. The average Bonchev–Trinajstić information content (AvgIpc) is 2.63. The van der Waals surface area contributed by atoms with Crippen molar-refractivity contribution < 1.29 is 14.3 Å². The molecule has 6 nitrogen and oxygen atoms in total. The van der Waals surface area contributed by atoms with Crippen LogP contribution in [0.5, 0.6) is 0 Å². The van der Waals surface area contributed by atoms with Crippen LogP contribution in [0.3, 0.4) is 0 Å². The largest absolute Gasteiger partial charge is 0.379 e. The molecular formula is C19H29N3O3. The monoisotopic (exact) mass is 347 g/mol. The highest BCUT2D eigenvalue weighted by atomic mass is 16.5. The van der Waals surface area contributed by atoms with Gasteiger partial charge in [0.1, 0.15) is 0 Å². The number of hydrogen-bond donors (Lipinski definition) is 1. The Kier molecular flexibility index (Phi) is 8.42. The number of amides is 2. The van der Waals surface area contributed by atoms with Crippen molar-refractivity contribution in [3.05, 3.63) is 35.9 Å². The molecule has 0 saturated carbocycles. The van der Waals surface area contributed by atoms with E-state index in [1.54, 1.807) is 11.8 Å². The molecule has 0 bridgehead atoms. The molecule has 0 atom stereocenters. The summed E-state index contributed by atoms with van der Waals surface area (Å²) in [5.74, 6) is 0.0129. The molecule has 0 spiro atoms. The van der Waals surface area contributed by atoms with Crippen LogP contribution in [0.2, 0.25) is 0 Å². The van der Waals surface area contributed by atoms with E-state index in [9.17, 15) is 9.59 Å². The Balaban J connectivity index is 1.63. The van der Waals surface area contributed by atoms with Crippen LogP contribution >= 0.6 is 0 Å². The van der Waals surface area contributed by atoms with Gasteiger partial charge in [-0.15, -0.1) is 0 Å². The normalized spacial score (nSPS) is 14.9. The van der Waals surface area contributed by atoms with Gasteiger partial charge in [-0.05, 0) is 12.0 Å². The Morgan fingerprint density at radius 2 is 1.88 bits per heavy atom.